The van der Waals surface area contributed by atoms with E-state index in [1.807, 2.05) is 13.8 Å². The highest BCUT2D eigenvalue weighted by Gasteiger charge is 2.25. The second-order valence-corrected chi connectivity index (χ2v) is 7.15. The number of nitrogens with one attached hydrogen (secondary N) is 2. The lowest BCUT2D eigenvalue weighted by Gasteiger charge is -2.17. The summed E-state index contributed by atoms with van der Waals surface area (Å²) < 4.78 is 26.5. The Morgan fingerprint density at radius 1 is 1.43 bits per heavy atom. The van der Waals surface area contributed by atoms with Crippen LogP contribution in [0, 0.1) is 10.1 Å². The van der Waals surface area contributed by atoms with E-state index in [9.17, 15) is 18.5 Å². The van der Waals surface area contributed by atoms with Crippen molar-refractivity contribution < 1.29 is 13.3 Å². The third-order valence-electron chi connectivity index (χ3n) is 2.90. The van der Waals surface area contributed by atoms with Crippen molar-refractivity contribution in [2.24, 2.45) is 5.84 Å². The van der Waals surface area contributed by atoms with Crippen molar-refractivity contribution in [2.75, 3.05) is 31.6 Å². The van der Waals surface area contributed by atoms with Gasteiger partial charge in [0, 0.05) is 19.2 Å². The van der Waals surface area contributed by atoms with E-state index in [1.54, 1.807) is 0 Å². The zero-order valence-electron chi connectivity index (χ0n) is 11.8. The predicted octanol–water partition coefficient (Wildman–Crippen LogP) is 0.562. The molecule has 0 aliphatic heterocycles. The number of sulfonamides is 1. The highest BCUT2D eigenvalue weighted by molar-refractivity contribution is 7.91. The van der Waals surface area contributed by atoms with Gasteiger partial charge in [-0.1, -0.05) is 25.2 Å². The summed E-state index contributed by atoms with van der Waals surface area (Å²) in [5.74, 6) is 5.16. The summed E-state index contributed by atoms with van der Waals surface area (Å²) in [6, 6.07) is 1.000. The number of hydrazine groups is 1. The molecular formula is C10H19N5O4S2. The van der Waals surface area contributed by atoms with E-state index in [1.165, 1.54) is 0 Å². The Morgan fingerprint density at radius 3 is 2.48 bits per heavy atom. The largest absolute Gasteiger partial charge is 0.310 e. The highest BCUT2D eigenvalue weighted by Crippen LogP contribution is 2.36. The number of hydrogen-bond donors (Lipinski definition) is 3. The third-order valence-corrected chi connectivity index (χ3v) is 5.89. The summed E-state index contributed by atoms with van der Waals surface area (Å²) in [6.45, 7) is 6.43. The van der Waals surface area contributed by atoms with Crippen molar-refractivity contribution in [1.29, 1.82) is 0 Å². The first kappa shape index (κ1) is 17.8. The molecule has 0 aliphatic carbocycles. The summed E-state index contributed by atoms with van der Waals surface area (Å²) in [5.41, 5.74) is 1.78. The lowest BCUT2D eigenvalue weighted by Crippen LogP contribution is -2.34. The lowest BCUT2D eigenvalue weighted by molar-refractivity contribution is -0.383. The van der Waals surface area contributed by atoms with Gasteiger partial charge in [0.2, 0.25) is 10.0 Å². The van der Waals surface area contributed by atoms with Crippen LogP contribution in [0.15, 0.2) is 10.3 Å². The molecule has 0 saturated heterocycles. The SMILES string of the molecule is CCN(CC)CCNS(=O)(=O)c1cc([N+](=O)[O-])c(NN)s1. The molecule has 0 atom stereocenters. The Bertz CT molecular complexity index is 582. The minimum atomic E-state index is -3.78. The summed E-state index contributed by atoms with van der Waals surface area (Å²) >= 11 is 0.723. The number of likely N-dealkylation sites (N-methyl/N-ethyl adjacent to an activating group) is 1. The van der Waals surface area contributed by atoms with Crippen LogP contribution in [0.5, 0.6) is 0 Å². The molecule has 0 unspecified atom stereocenters. The topological polar surface area (TPSA) is 131 Å². The first-order valence-corrected chi connectivity index (χ1v) is 8.62. The van der Waals surface area contributed by atoms with Crippen molar-refractivity contribution in [1.82, 2.24) is 9.62 Å². The average Bonchev–Trinajstić information content (AvgIpc) is 2.89. The molecular weight excluding hydrogens is 318 g/mol. The fourth-order valence-electron chi connectivity index (χ4n) is 1.68. The highest BCUT2D eigenvalue weighted by atomic mass is 32.2. The second-order valence-electron chi connectivity index (χ2n) is 4.11. The van der Waals surface area contributed by atoms with Crippen LogP contribution in [0.25, 0.3) is 0 Å². The summed E-state index contributed by atoms with van der Waals surface area (Å²) in [6.07, 6.45) is 0. The van der Waals surface area contributed by atoms with Crippen LogP contribution in [0.1, 0.15) is 13.8 Å². The van der Waals surface area contributed by atoms with Gasteiger partial charge in [0.05, 0.1) is 4.92 Å². The molecule has 1 heterocycles. The number of nitrogen functional groups attached to an aromatic ring is 1. The molecule has 0 bridgehead atoms. The maximum atomic E-state index is 12.1. The Labute approximate surface area is 127 Å². The second kappa shape index (κ2) is 7.66. The molecule has 21 heavy (non-hydrogen) atoms. The first-order valence-electron chi connectivity index (χ1n) is 6.32. The van der Waals surface area contributed by atoms with Crippen molar-refractivity contribution in [3.8, 4) is 0 Å². The standard InChI is InChI=1S/C10H19N5O4S2/c1-3-14(4-2)6-5-12-21(18,19)9-7-8(15(16)17)10(13-11)20-9/h7,12-13H,3-6,11H2,1-2H3. The predicted molar refractivity (Wildman–Crippen MR) is 81.8 cm³/mol. The van der Waals surface area contributed by atoms with Gasteiger partial charge in [0.15, 0.2) is 5.00 Å². The summed E-state index contributed by atoms with van der Waals surface area (Å²) in [7, 11) is -3.78. The molecule has 0 fully saturated rings. The van der Waals surface area contributed by atoms with E-state index < -0.39 is 14.9 Å². The molecule has 1 aromatic rings. The number of nitrogens with two attached hydrogens (primary N) is 1. The Morgan fingerprint density at radius 2 is 2.05 bits per heavy atom. The third kappa shape index (κ3) is 4.61. The van der Waals surface area contributed by atoms with Crippen LogP contribution < -0.4 is 16.0 Å². The van der Waals surface area contributed by atoms with Crippen LogP contribution in [-0.2, 0) is 10.0 Å². The van der Waals surface area contributed by atoms with Crippen LogP contribution in [0.4, 0.5) is 10.7 Å². The Hall–Kier alpha value is -1.27. The van der Waals surface area contributed by atoms with Crippen molar-refractivity contribution in [2.45, 2.75) is 18.1 Å². The maximum Gasteiger partial charge on any atom is 0.306 e. The number of thiophene rings is 1. The zero-order valence-corrected chi connectivity index (χ0v) is 13.5. The molecule has 0 saturated carbocycles. The molecule has 1 rings (SSSR count). The molecule has 4 N–H and O–H groups in total. The minimum absolute atomic E-state index is 0.00381. The number of nitrogens with zero attached hydrogens (tertiary/aromatic N) is 2. The van der Waals surface area contributed by atoms with Crippen LogP contribution in [0.3, 0.4) is 0 Å². The fourth-order valence-corrected chi connectivity index (χ4v) is 3.98. The van der Waals surface area contributed by atoms with E-state index in [4.69, 9.17) is 5.84 Å². The number of rotatable bonds is 9. The smallest absolute Gasteiger partial charge is 0.306 e. The van der Waals surface area contributed by atoms with Gasteiger partial charge in [-0.25, -0.2) is 19.0 Å². The normalized spacial score (nSPS) is 11.8. The molecule has 0 radical (unpaired) electrons. The average molecular weight is 337 g/mol. The maximum absolute atomic E-state index is 12.1. The van der Waals surface area contributed by atoms with Gasteiger partial charge in [-0.2, -0.15) is 0 Å². The Balaban J connectivity index is 2.81. The van der Waals surface area contributed by atoms with Gasteiger partial charge in [-0.05, 0) is 13.1 Å². The quantitative estimate of drug-likeness (QED) is 0.341. The number of anilines is 1. The van der Waals surface area contributed by atoms with Crippen LogP contribution in [0.2, 0.25) is 0 Å². The molecule has 0 spiro atoms. The summed E-state index contributed by atoms with van der Waals surface area (Å²) in [5, 5.41) is 10.8. The molecule has 0 amide bonds. The monoisotopic (exact) mass is 337 g/mol. The van der Waals surface area contributed by atoms with E-state index >= 15 is 0 Å². The van der Waals surface area contributed by atoms with Gasteiger partial charge in [-0.3, -0.25) is 10.1 Å². The van der Waals surface area contributed by atoms with E-state index in [-0.39, 0.29) is 21.4 Å². The Kier molecular flexibility index (Phi) is 6.48. The van der Waals surface area contributed by atoms with Crippen molar-refractivity contribution in [3.63, 3.8) is 0 Å². The zero-order chi connectivity index (χ0) is 16.0. The van der Waals surface area contributed by atoms with Crippen LogP contribution >= 0.6 is 11.3 Å². The molecule has 0 aromatic carbocycles. The van der Waals surface area contributed by atoms with E-state index in [0.717, 1.165) is 30.5 Å². The van der Waals surface area contributed by atoms with Crippen molar-refractivity contribution in [3.05, 3.63) is 16.2 Å². The number of hydrogen-bond acceptors (Lipinski definition) is 8. The van der Waals surface area contributed by atoms with Gasteiger partial charge < -0.3 is 10.3 Å². The van der Waals surface area contributed by atoms with E-state index in [2.05, 4.69) is 15.0 Å². The summed E-state index contributed by atoms with van der Waals surface area (Å²) in [4.78, 5) is 12.2. The van der Waals surface area contributed by atoms with Gasteiger partial charge in [-0.15, -0.1) is 0 Å². The minimum Gasteiger partial charge on any atom is -0.310 e. The molecule has 120 valence electrons. The van der Waals surface area contributed by atoms with Crippen molar-refractivity contribution >= 4 is 32.0 Å². The number of nitro groups is 1. The molecule has 1 aromatic heterocycles. The van der Waals surface area contributed by atoms with Gasteiger partial charge in [0.1, 0.15) is 4.21 Å². The fraction of sp³-hybridized carbons (Fsp3) is 0.600. The first-order chi connectivity index (χ1) is 9.85. The molecule has 11 heteroatoms. The van der Waals surface area contributed by atoms with Crippen LogP contribution in [-0.4, -0.2) is 44.4 Å². The molecule has 0 aliphatic rings. The molecule has 9 nitrogen and oxygen atoms in total. The lowest BCUT2D eigenvalue weighted by atomic mass is 10.5. The van der Waals surface area contributed by atoms with E-state index in [0.29, 0.717) is 6.54 Å². The van der Waals surface area contributed by atoms with Gasteiger partial charge >= 0.3 is 5.69 Å². The van der Waals surface area contributed by atoms with Gasteiger partial charge in [0.25, 0.3) is 0 Å².